The highest BCUT2D eigenvalue weighted by Crippen LogP contribution is 2.06. The molecule has 0 radical (unpaired) electrons. The fourth-order valence-corrected chi connectivity index (χ4v) is 2.63. The van der Waals surface area contributed by atoms with E-state index in [9.17, 15) is 8.42 Å². The molecule has 0 aliphatic heterocycles. The van der Waals surface area contributed by atoms with E-state index in [1.165, 1.54) is 6.07 Å². The molecule has 2 aromatic rings. The molecule has 0 atom stereocenters. The summed E-state index contributed by atoms with van der Waals surface area (Å²) < 4.78 is 28.2. The van der Waals surface area contributed by atoms with Gasteiger partial charge in [-0.2, -0.15) is 5.10 Å². The molecular formula is C12H17N5O2S. The van der Waals surface area contributed by atoms with Gasteiger partial charge in [-0.25, -0.2) is 18.1 Å². The maximum absolute atomic E-state index is 12.0. The van der Waals surface area contributed by atoms with Gasteiger partial charge in [0.2, 0.25) is 0 Å². The summed E-state index contributed by atoms with van der Waals surface area (Å²) in [5.74, 6) is 0. The summed E-state index contributed by atoms with van der Waals surface area (Å²) in [7, 11) is -1.75. The summed E-state index contributed by atoms with van der Waals surface area (Å²) >= 11 is 0. The molecule has 2 N–H and O–H groups in total. The van der Waals surface area contributed by atoms with Crippen molar-refractivity contribution in [3.05, 3.63) is 42.4 Å². The van der Waals surface area contributed by atoms with Gasteiger partial charge in [0.15, 0.2) is 5.03 Å². The second-order valence-corrected chi connectivity index (χ2v) is 5.92. The van der Waals surface area contributed by atoms with E-state index >= 15 is 0 Å². The third-order valence-corrected chi connectivity index (χ3v) is 4.02. The maximum atomic E-state index is 12.0. The van der Waals surface area contributed by atoms with Crippen LogP contribution >= 0.6 is 0 Å². The Morgan fingerprint density at radius 2 is 2.20 bits per heavy atom. The van der Waals surface area contributed by atoms with Crippen LogP contribution in [0.5, 0.6) is 0 Å². The molecule has 0 aliphatic carbocycles. The fourth-order valence-electron chi connectivity index (χ4n) is 1.68. The van der Waals surface area contributed by atoms with Gasteiger partial charge in [-0.1, -0.05) is 6.07 Å². The van der Waals surface area contributed by atoms with Crippen LogP contribution in [0.2, 0.25) is 0 Å². The van der Waals surface area contributed by atoms with E-state index in [-0.39, 0.29) is 11.6 Å². The van der Waals surface area contributed by atoms with Gasteiger partial charge in [-0.05, 0) is 24.7 Å². The number of pyridine rings is 1. The van der Waals surface area contributed by atoms with Crippen LogP contribution in [0.15, 0.2) is 41.8 Å². The minimum Gasteiger partial charge on any atom is -0.316 e. The Bertz CT molecular complexity index is 622. The van der Waals surface area contributed by atoms with E-state index in [1.807, 2.05) is 7.05 Å². The molecule has 8 heteroatoms. The number of hydrogen-bond acceptors (Lipinski definition) is 5. The number of sulfonamides is 1. The van der Waals surface area contributed by atoms with Crippen molar-refractivity contribution in [3.63, 3.8) is 0 Å². The van der Waals surface area contributed by atoms with Crippen LogP contribution in [0.4, 0.5) is 0 Å². The first-order valence-corrected chi connectivity index (χ1v) is 7.67. The van der Waals surface area contributed by atoms with Crippen molar-refractivity contribution in [1.29, 1.82) is 0 Å². The van der Waals surface area contributed by atoms with Crippen LogP contribution in [0, 0.1) is 0 Å². The Labute approximate surface area is 118 Å². The number of rotatable bonds is 7. The zero-order chi connectivity index (χ0) is 14.4. The van der Waals surface area contributed by atoms with Crippen molar-refractivity contribution in [2.75, 3.05) is 13.6 Å². The van der Waals surface area contributed by atoms with E-state index in [1.54, 1.807) is 35.4 Å². The zero-order valence-corrected chi connectivity index (χ0v) is 12.0. The molecule has 7 nitrogen and oxygen atoms in total. The van der Waals surface area contributed by atoms with Crippen LogP contribution in [-0.2, 0) is 23.1 Å². The minimum atomic E-state index is -3.57. The number of nitrogens with zero attached hydrogens (tertiary/aromatic N) is 3. The molecule has 2 rings (SSSR count). The first kappa shape index (κ1) is 14.6. The molecule has 0 spiro atoms. The van der Waals surface area contributed by atoms with E-state index in [2.05, 4.69) is 20.1 Å². The fraction of sp³-hybridized carbons (Fsp3) is 0.333. The zero-order valence-electron chi connectivity index (χ0n) is 11.2. The van der Waals surface area contributed by atoms with Gasteiger partial charge in [-0.15, -0.1) is 0 Å². The standard InChI is InChI=1S/C12H17N5O2S/c1-13-9-11-3-4-12(14-10-11)20(18,19)16-6-8-17-7-2-5-15-17/h2-5,7,10,13,16H,6,8-9H2,1H3. The van der Waals surface area contributed by atoms with Gasteiger partial charge in [-0.3, -0.25) is 4.68 Å². The van der Waals surface area contributed by atoms with Gasteiger partial charge in [0.25, 0.3) is 10.0 Å². The highest BCUT2D eigenvalue weighted by Gasteiger charge is 2.14. The highest BCUT2D eigenvalue weighted by atomic mass is 32.2. The summed E-state index contributed by atoms with van der Waals surface area (Å²) in [6.07, 6.45) is 4.98. The maximum Gasteiger partial charge on any atom is 0.258 e. The van der Waals surface area contributed by atoms with Gasteiger partial charge in [0, 0.05) is 31.7 Å². The molecule has 0 saturated carbocycles. The molecule has 0 bridgehead atoms. The van der Waals surface area contributed by atoms with E-state index in [0.29, 0.717) is 13.1 Å². The molecule has 0 unspecified atom stereocenters. The second-order valence-electron chi connectivity index (χ2n) is 4.20. The molecule has 0 aromatic carbocycles. The van der Waals surface area contributed by atoms with E-state index in [0.717, 1.165) is 5.56 Å². The third-order valence-electron chi connectivity index (χ3n) is 2.65. The molecule has 2 aromatic heterocycles. The molecule has 108 valence electrons. The predicted octanol–water partition coefficient (Wildman–Crippen LogP) is -0.0240. The average Bonchev–Trinajstić information content (AvgIpc) is 2.93. The normalized spacial score (nSPS) is 11.7. The molecular weight excluding hydrogens is 278 g/mol. The van der Waals surface area contributed by atoms with Crippen LogP contribution in [0.25, 0.3) is 0 Å². The summed E-state index contributed by atoms with van der Waals surface area (Å²) in [6, 6.07) is 5.03. The summed E-state index contributed by atoms with van der Waals surface area (Å²) in [6.45, 7) is 1.40. The average molecular weight is 295 g/mol. The van der Waals surface area contributed by atoms with Crippen LogP contribution in [-0.4, -0.2) is 36.8 Å². The third kappa shape index (κ3) is 3.86. The largest absolute Gasteiger partial charge is 0.316 e. The van der Waals surface area contributed by atoms with Gasteiger partial charge >= 0.3 is 0 Å². The van der Waals surface area contributed by atoms with Crippen molar-refractivity contribution >= 4 is 10.0 Å². The first-order valence-electron chi connectivity index (χ1n) is 6.18. The Balaban J connectivity index is 1.95. The molecule has 0 fully saturated rings. The lowest BCUT2D eigenvalue weighted by molar-refractivity contribution is 0.558. The SMILES string of the molecule is CNCc1ccc(S(=O)(=O)NCCn2cccn2)nc1. The Morgan fingerprint density at radius 1 is 1.35 bits per heavy atom. The summed E-state index contributed by atoms with van der Waals surface area (Å²) in [4.78, 5) is 3.97. The van der Waals surface area contributed by atoms with Crippen LogP contribution in [0.3, 0.4) is 0 Å². The van der Waals surface area contributed by atoms with Crippen LogP contribution in [0.1, 0.15) is 5.56 Å². The Hall–Kier alpha value is -1.77. The molecule has 0 amide bonds. The van der Waals surface area contributed by atoms with Crippen molar-refractivity contribution < 1.29 is 8.42 Å². The number of hydrogen-bond donors (Lipinski definition) is 2. The Kier molecular flexibility index (Phi) is 4.83. The van der Waals surface area contributed by atoms with Gasteiger partial charge in [0.1, 0.15) is 0 Å². The highest BCUT2D eigenvalue weighted by molar-refractivity contribution is 7.89. The van der Waals surface area contributed by atoms with Crippen molar-refractivity contribution in [2.45, 2.75) is 18.1 Å². The lowest BCUT2D eigenvalue weighted by Gasteiger charge is -2.07. The number of aromatic nitrogens is 3. The Morgan fingerprint density at radius 3 is 2.80 bits per heavy atom. The van der Waals surface area contributed by atoms with E-state index in [4.69, 9.17) is 0 Å². The van der Waals surface area contributed by atoms with Crippen molar-refractivity contribution in [1.82, 2.24) is 24.8 Å². The minimum absolute atomic E-state index is 0.0258. The summed E-state index contributed by atoms with van der Waals surface area (Å²) in [5, 5.41) is 7.00. The molecule has 0 aliphatic rings. The quantitative estimate of drug-likeness (QED) is 0.749. The predicted molar refractivity (Wildman–Crippen MR) is 74.4 cm³/mol. The topological polar surface area (TPSA) is 88.9 Å². The van der Waals surface area contributed by atoms with E-state index < -0.39 is 10.0 Å². The van der Waals surface area contributed by atoms with Crippen molar-refractivity contribution in [2.24, 2.45) is 0 Å². The lowest BCUT2D eigenvalue weighted by atomic mass is 10.3. The molecule has 20 heavy (non-hydrogen) atoms. The molecule has 0 saturated heterocycles. The van der Waals surface area contributed by atoms with Crippen molar-refractivity contribution in [3.8, 4) is 0 Å². The number of nitrogens with one attached hydrogen (secondary N) is 2. The summed E-state index contributed by atoms with van der Waals surface area (Å²) in [5.41, 5.74) is 0.933. The van der Waals surface area contributed by atoms with Gasteiger partial charge < -0.3 is 5.32 Å². The first-order chi connectivity index (χ1) is 9.62. The second kappa shape index (κ2) is 6.60. The van der Waals surface area contributed by atoms with Gasteiger partial charge in [0.05, 0.1) is 6.54 Å². The van der Waals surface area contributed by atoms with Crippen LogP contribution < -0.4 is 10.0 Å². The lowest BCUT2D eigenvalue weighted by Crippen LogP contribution is -2.28. The molecule has 2 heterocycles. The monoisotopic (exact) mass is 295 g/mol. The smallest absolute Gasteiger partial charge is 0.258 e.